The van der Waals surface area contributed by atoms with Gasteiger partial charge >= 0.3 is 6.78 Å². The smallest absolute Gasteiger partial charge is 0.352 e. The Labute approximate surface area is 165 Å². The van der Waals surface area contributed by atoms with Crippen LogP contribution in [0, 0.1) is 20.8 Å². The van der Waals surface area contributed by atoms with Gasteiger partial charge in [-0.15, -0.1) is 0 Å². The molecule has 4 rings (SSSR count). The highest BCUT2D eigenvalue weighted by atomic mass is 35.7. The van der Waals surface area contributed by atoms with Crippen molar-refractivity contribution in [1.82, 2.24) is 10.2 Å². The Kier molecular flexibility index (Phi) is 5.66. The van der Waals surface area contributed by atoms with Gasteiger partial charge in [0.25, 0.3) is 15.2 Å². The maximum Gasteiger partial charge on any atom is 0.352 e. The summed E-state index contributed by atoms with van der Waals surface area (Å²) in [5.74, 6) is 0.726. The van der Waals surface area contributed by atoms with Crippen LogP contribution < -0.4 is 14.7 Å². The fraction of sp³-hybridized carbons (Fsp3) is 0.600. The summed E-state index contributed by atoms with van der Waals surface area (Å²) in [4.78, 5) is 0. The lowest BCUT2D eigenvalue weighted by Crippen LogP contribution is -2.25. The Morgan fingerprint density at radius 2 is 1.48 bits per heavy atom. The summed E-state index contributed by atoms with van der Waals surface area (Å²) in [6, 6.07) is 4.14. The predicted octanol–water partition coefficient (Wildman–Crippen LogP) is 6.10. The van der Waals surface area contributed by atoms with Crippen LogP contribution in [0.25, 0.3) is 0 Å². The molecule has 3 aliphatic rings. The molecule has 8 nitrogen and oxygen atoms in total. The average molecular weight is 452 g/mol. The van der Waals surface area contributed by atoms with E-state index >= 15 is 0 Å². The van der Waals surface area contributed by atoms with E-state index in [4.69, 9.17) is 38.4 Å². The number of nitrogens with zero attached hydrogens (tertiary/aromatic N) is 3. The van der Waals surface area contributed by atoms with Gasteiger partial charge in [-0.1, -0.05) is 17.7 Å². The Hall–Kier alpha value is -0.160. The predicted molar refractivity (Wildman–Crippen MR) is 112 cm³/mol. The van der Waals surface area contributed by atoms with Crippen LogP contribution in [0.2, 0.25) is 0 Å². The van der Waals surface area contributed by atoms with E-state index in [1.54, 1.807) is 0 Å². The van der Waals surface area contributed by atoms with Crippen molar-refractivity contribution in [1.29, 1.82) is 0 Å². The second kappa shape index (κ2) is 7.59. The SMILES string of the molecule is Cc1cc(C)c(OP2(Cl)=NP3(=NP4(=N2)NCCCO4)NCCCO3)c(C)c1. The minimum atomic E-state index is -3.07. The standard InChI is InChI=1S/C15H25ClN5O3P3/c1-12-10-13(2)15(14(3)11-12)24-25(16)19-26(17-6-4-8-22-26)21-27(20-25)18-7-5-9-23-27/h10-11,17-18H,4-9H2,1-3H3. The van der Waals surface area contributed by atoms with E-state index in [1.807, 2.05) is 13.8 Å². The van der Waals surface area contributed by atoms with Crippen molar-refractivity contribution in [2.24, 2.45) is 13.5 Å². The van der Waals surface area contributed by atoms with E-state index in [2.05, 4.69) is 29.2 Å². The minimum Gasteiger partial charge on any atom is -0.430 e. The molecule has 3 atom stereocenters. The van der Waals surface area contributed by atoms with E-state index in [-0.39, 0.29) is 0 Å². The molecular formula is C15H25ClN5O3P3. The molecule has 2 fully saturated rings. The molecule has 12 heteroatoms. The lowest BCUT2D eigenvalue weighted by molar-refractivity contribution is 0.301. The van der Waals surface area contributed by atoms with Gasteiger partial charge in [0.15, 0.2) is 0 Å². The third kappa shape index (κ3) is 4.24. The van der Waals surface area contributed by atoms with Crippen LogP contribution >= 0.6 is 33.2 Å². The molecule has 0 aliphatic carbocycles. The van der Waals surface area contributed by atoms with Crippen LogP contribution in [0.4, 0.5) is 0 Å². The average Bonchev–Trinajstić information content (AvgIpc) is 2.58. The first-order valence-electron chi connectivity index (χ1n) is 9.01. The van der Waals surface area contributed by atoms with Gasteiger partial charge in [0.05, 0.1) is 13.2 Å². The van der Waals surface area contributed by atoms with Crippen molar-refractivity contribution < 1.29 is 13.6 Å². The van der Waals surface area contributed by atoms with E-state index < -0.39 is 22.0 Å². The van der Waals surface area contributed by atoms with Crippen molar-refractivity contribution >= 4 is 33.2 Å². The van der Waals surface area contributed by atoms with Crippen molar-refractivity contribution in [3.05, 3.63) is 28.8 Å². The van der Waals surface area contributed by atoms with E-state index in [0.717, 1.165) is 42.8 Å². The zero-order chi connectivity index (χ0) is 19.1. The molecular weight excluding hydrogens is 427 g/mol. The van der Waals surface area contributed by atoms with Gasteiger partial charge in [-0.05, 0) is 56.0 Å². The second-order valence-corrected chi connectivity index (χ2v) is 14.8. The van der Waals surface area contributed by atoms with Crippen molar-refractivity contribution in [2.45, 2.75) is 33.6 Å². The first-order chi connectivity index (χ1) is 12.8. The molecule has 3 heterocycles. The first kappa shape index (κ1) is 20.1. The lowest BCUT2D eigenvalue weighted by atomic mass is 10.1. The van der Waals surface area contributed by atoms with Gasteiger partial charge in [-0.2, -0.15) is 13.5 Å². The molecule has 0 amide bonds. The quantitative estimate of drug-likeness (QED) is 0.530. The van der Waals surface area contributed by atoms with Crippen LogP contribution in [0.3, 0.4) is 0 Å². The van der Waals surface area contributed by atoms with Crippen molar-refractivity contribution in [3.8, 4) is 5.75 Å². The third-order valence-corrected chi connectivity index (χ3v) is 14.2. The zero-order valence-corrected chi connectivity index (χ0v) is 19.1. The Morgan fingerprint density at radius 3 is 2.00 bits per heavy atom. The third-order valence-electron chi connectivity index (χ3n) is 4.34. The number of halogens is 1. The molecule has 3 aliphatic heterocycles. The van der Waals surface area contributed by atoms with Gasteiger partial charge in [0, 0.05) is 13.1 Å². The van der Waals surface area contributed by atoms with Crippen LogP contribution in [-0.4, -0.2) is 26.3 Å². The number of benzene rings is 1. The van der Waals surface area contributed by atoms with Gasteiger partial charge in [0.2, 0.25) is 0 Å². The summed E-state index contributed by atoms with van der Waals surface area (Å²) in [5.41, 5.74) is 3.19. The Balaban J connectivity index is 1.83. The number of nitrogens with one attached hydrogen (secondary N) is 2. The summed E-state index contributed by atoms with van der Waals surface area (Å²) >= 11 is 6.95. The van der Waals surface area contributed by atoms with E-state index in [9.17, 15) is 0 Å². The highest BCUT2D eigenvalue weighted by molar-refractivity contribution is 7.94. The number of aryl methyl sites for hydroxylation is 3. The number of hydrogen-bond acceptors (Lipinski definition) is 8. The molecule has 0 radical (unpaired) electrons. The molecule has 0 bridgehead atoms. The molecule has 3 unspecified atom stereocenters. The molecule has 0 aromatic heterocycles. The number of rotatable bonds is 2. The van der Waals surface area contributed by atoms with Gasteiger partial charge in [-0.25, -0.2) is 10.2 Å². The summed E-state index contributed by atoms with van der Waals surface area (Å²) in [6.45, 7) is 5.74. The summed E-state index contributed by atoms with van der Waals surface area (Å²) in [7, 11) is -5.31. The lowest BCUT2D eigenvalue weighted by Gasteiger charge is -2.36. The van der Waals surface area contributed by atoms with Gasteiger partial charge in [-0.3, -0.25) is 0 Å². The van der Waals surface area contributed by atoms with Crippen LogP contribution in [0.1, 0.15) is 29.5 Å². The van der Waals surface area contributed by atoms with Crippen LogP contribution in [0.15, 0.2) is 25.7 Å². The maximum atomic E-state index is 6.95. The topological polar surface area (TPSA) is 88.8 Å². The van der Waals surface area contributed by atoms with Crippen LogP contribution in [-0.2, 0) is 9.05 Å². The van der Waals surface area contributed by atoms with E-state index in [1.165, 1.54) is 5.56 Å². The molecule has 2 spiro atoms. The van der Waals surface area contributed by atoms with E-state index in [0.29, 0.717) is 13.2 Å². The molecule has 1 aromatic rings. The fourth-order valence-corrected chi connectivity index (χ4v) is 14.7. The minimum absolute atomic E-state index is 0.591. The van der Waals surface area contributed by atoms with Gasteiger partial charge in [0.1, 0.15) is 5.75 Å². The molecule has 2 saturated heterocycles. The summed E-state index contributed by atoms with van der Waals surface area (Å²) < 4.78 is 32.7. The second-order valence-electron chi connectivity index (χ2n) is 6.84. The zero-order valence-electron chi connectivity index (χ0n) is 15.7. The molecule has 0 saturated carbocycles. The molecule has 27 heavy (non-hydrogen) atoms. The summed E-state index contributed by atoms with van der Waals surface area (Å²) in [6.07, 6.45) is 1.82. The molecule has 150 valence electrons. The van der Waals surface area contributed by atoms with Crippen molar-refractivity contribution in [2.75, 3.05) is 26.3 Å². The normalized spacial score (nSPS) is 36.0. The Bertz CT molecular complexity index is 875. The van der Waals surface area contributed by atoms with Crippen molar-refractivity contribution in [3.63, 3.8) is 0 Å². The first-order valence-corrected chi connectivity index (χ1v) is 14.7. The van der Waals surface area contributed by atoms with Gasteiger partial charge < -0.3 is 13.6 Å². The monoisotopic (exact) mass is 451 g/mol. The molecule has 1 aromatic carbocycles. The van der Waals surface area contributed by atoms with Crippen LogP contribution in [0.5, 0.6) is 5.75 Å². The largest absolute Gasteiger partial charge is 0.430 e. The maximum absolute atomic E-state index is 6.95. The fourth-order valence-electron chi connectivity index (χ4n) is 3.28. The highest BCUT2D eigenvalue weighted by Gasteiger charge is 2.41. The summed E-state index contributed by atoms with van der Waals surface area (Å²) in [5, 5.41) is 6.70. The highest BCUT2D eigenvalue weighted by Crippen LogP contribution is 2.79. The number of hydrogen-bond donors (Lipinski definition) is 2. The Morgan fingerprint density at radius 1 is 0.926 bits per heavy atom. The molecule has 2 N–H and O–H groups in total.